The molecule has 0 N–H and O–H groups in total. The van der Waals surface area contributed by atoms with Crippen molar-refractivity contribution < 1.29 is 18.6 Å². The van der Waals surface area contributed by atoms with Gasteiger partial charge in [-0.25, -0.2) is 9.69 Å². The standard InChI is InChI=1S/C17H20N5O3/c1-11(2)9-22-15(23)13-14(19(3)17(22)24)18-16-20(6-7-21(13)16)10-12-5-4-8-25-12/h4-5,8,13H,1,6-7,9-10H2,2-3H3/q+1. The molecule has 1 aromatic rings. The molecule has 130 valence electrons. The van der Waals surface area contributed by atoms with Gasteiger partial charge in [-0.15, -0.1) is 0 Å². The van der Waals surface area contributed by atoms with E-state index in [-0.39, 0.29) is 18.5 Å². The summed E-state index contributed by atoms with van der Waals surface area (Å²) in [5.74, 6) is 1.82. The van der Waals surface area contributed by atoms with Crippen LogP contribution in [0.4, 0.5) is 4.79 Å². The summed E-state index contributed by atoms with van der Waals surface area (Å²) in [4.78, 5) is 34.7. The Kier molecular flexibility index (Phi) is 3.48. The molecule has 1 atom stereocenters. The first-order chi connectivity index (χ1) is 12.0. The zero-order valence-electron chi connectivity index (χ0n) is 14.3. The molecule has 0 saturated carbocycles. The monoisotopic (exact) mass is 342 g/mol. The third kappa shape index (κ3) is 2.36. The van der Waals surface area contributed by atoms with E-state index in [1.165, 1.54) is 9.80 Å². The van der Waals surface area contributed by atoms with Gasteiger partial charge in [-0.2, -0.15) is 0 Å². The number of furan rings is 1. The van der Waals surface area contributed by atoms with Crippen LogP contribution in [0.1, 0.15) is 12.7 Å². The lowest BCUT2D eigenvalue weighted by molar-refractivity contribution is -0.537. The number of fused-ring (bicyclic) bond motifs is 3. The maximum absolute atomic E-state index is 12.9. The summed E-state index contributed by atoms with van der Waals surface area (Å²) < 4.78 is 7.48. The van der Waals surface area contributed by atoms with Crippen LogP contribution >= 0.6 is 0 Å². The van der Waals surface area contributed by atoms with Crippen molar-refractivity contribution in [2.75, 3.05) is 26.7 Å². The Morgan fingerprint density at radius 3 is 2.96 bits per heavy atom. The molecule has 3 amide bonds. The van der Waals surface area contributed by atoms with E-state index in [4.69, 9.17) is 4.42 Å². The average molecular weight is 342 g/mol. The second-order valence-corrected chi connectivity index (χ2v) is 6.59. The fourth-order valence-corrected chi connectivity index (χ4v) is 3.47. The average Bonchev–Trinajstić information content (AvgIpc) is 3.27. The van der Waals surface area contributed by atoms with Gasteiger partial charge < -0.3 is 4.42 Å². The van der Waals surface area contributed by atoms with Crippen LogP contribution in [0.5, 0.6) is 0 Å². The summed E-state index contributed by atoms with van der Waals surface area (Å²) in [5.41, 5.74) is 0.763. The minimum absolute atomic E-state index is 0.227. The molecule has 1 saturated heterocycles. The molecule has 1 aromatic heterocycles. The van der Waals surface area contributed by atoms with Crippen molar-refractivity contribution in [3.8, 4) is 0 Å². The van der Waals surface area contributed by atoms with Gasteiger partial charge in [-0.3, -0.25) is 19.2 Å². The highest BCUT2D eigenvalue weighted by atomic mass is 16.3. The van der Waals surface area contributed by atoms with Crippen LogP contribution in [-0.4, -0.2) is 75.7 Å². The molecule has 0 spiro atoms. The van der Waals surface area contributed by atoms with Crippen LogP contribution in [0.2, 0.25) is 0 Å². The van der Waals surface area contributed by atoms with Crippen molar-refractivity contribution in [1.82, 2.24) is 14.7 Å². The summed E-state index contributed by atoms with van der Waals surface area (Å²) in [6.45, 7) is 7.88. The van der Waals surface area contributed by atoms with Gasteiger partial charge in [0.25, 0.3) is 5.91 Å². The first-order valence-corrected chi connectivity index (χ1v) is 8.20. The molecule has 8 heteroatoms. The van der Waals surface area contributed by atoms with Crippen LogP contribution in [-0.2, 0) is 11.3 Å². The number of nitrogens with zero attached hydrogens (tertiary/aromatic N) is 5. The molecule has 8 nitrogen and oxygen atoms in total. The molecule has 4 rings (SSSR count). The van der Waals surface area contributed by atoms with Crippen LogP contribution < -0.4 is 0 Å². The molecule has 25 heavy (non-hydrogen) atoms. The van der Waals surface area contributed by atoms with E-state index in [2.05, 4.69) is 16.1 Å². The minimum atomic E-state index is -0.543. The minimum Gasteiger partial charge on any atom is -0.466 e. The molecule has 1 fully saturated rings. The molecule has 3 aliphatic heterocycles. The lowest BCUT2D eigenvalue weighted by Gasteiger charge is -2.34. The fraction of sp³-hybridized carbons (Fsp3) is 0.412. The highest BCUT2D eigenvalue weighted by Crippen LogP contribution is 2.26. The summed E-state index contributed by atoms with van der Waals surface area (Å²) in [6.07, 6.45) is 1.64. The van der Waals surface area contributed by atoms with Crippen molar-refractivity contribution in [3.63, 3.8) is 0 Å². The number of hydrogen-bond acceptors (Lipinski definition) is 5. The van der Waals surface area contributed by atoms with Gasteiger partial charge in [-0.05, 0) is 19.1 Å². The van der Waals surface area contributed by atoms with Gasteiger partial charge in [0.05, 0.1) is 25.9 Å². The van der Waals surface area contributed by atoms with E-state index in [1.807, 2.05) is 17.0 Å². The Balaban J connectivity index is 1.68. The summed E-state index contributed by atoms with van der Waals surface area (Å²) in [5, 5.41) is 0. The van der Waals surface area contributed by atoms with Crippen LogP contribution in [0.3, 0.4) is 0 Å². The molecule has 0 radical (unpaired) electrons. The number of aliphatic imine (C=N–C) groups is 1. The van der Waals surface area contributed by atoms with E-state index in [1.54, 1.807) is 20.2 Å². The predicted octanol–water partition coefficient (Wildman–Crippen LogP) is 0.714. The molecule has 1 unspecified atom stereocenters. The summed E-state index contributed by atoms with van der Waals surface area (Å²) in [7, 11) is 1.66. The van der Waals surface area contributed by atoms with E-state index in [0.29, 0.717) is 18.9 Å². The largest absolute Gasteiger partial charge is 0.466 e. The van der Waals surface area contributed by atoms with Gasteiger partial charge in [0.2, 0.25) is 11.9 Å². The second-order valence-electron chi connectivity index (χ2n) is 6.59. The molecule has 0 bridgehead atoms. The number of likely N-dealkylation sites (N-methyl/N-ethyl adjacent to an activating group) is 1. The topological polar surface area (TPSA) is 72.4 Å². The number of amidine groups is 1. The Hall–Kier alpha value is -2.90. The van der Waals surface area contributed by atoms with Crippen molar-refractivity contribution in [1.29, 1.82) is 0 Å². The maximum atomic E-state index is 12.9. The number of imide groups is 1. The molecule has 0 aliphatic carbocycles. The predicted molar refractivity (Wildman–Crippen MR) is 90.2 cm³/mol. The number of hydrogen-bond donors (Lipinski definition) is 0. The SMILES string of the molecule is C=C(C)CN1C(=O)C2C(=NC3=[N+](Cc4ccco4)CCN32)N(C)C1=O. The number of carbonyl (C=O) groups excluding carboxylic acids is 2. The molecular formula is C17H20N5O3+. The Bertz CT molecular complexity index is 823. The first kappa shape index (κ1) is 15.6. The van der Waals surface area contributed by atoms with Gasteiger partial charge >= 0.3 is 12.0 Å². The van der Waals surface area contributed by atoms with Crippen molar-refractivity contribution >= 4 is 23.7 Å². The normalized spacial score (nSPS) is 22.6. The zero-order chi connectivity index (χ0) is 17.7. The van der Waals surface area contributed by atoms with Crippen molar-refractivity contribution in [3.05, 3.63) is 36.3 Å². The van der Waals surface area contributed by atoms with Gasteiger partial charge in [0.15, 0.2) is 0 Å². The lowest BCUT2D eigenvalue weighted by atomic mass is 10.1. The Labute approximate surface area is 145 Å². The van der Waals surface area contributed by atoms with Crippen LogP contribution in [0, 0.1) is 0 Å². The van der Waals surface area contributed by atoms with Crippen LogP contribution in [0.15, 0.2) is 40.0 Å². The van der Waals surface area contributed by atoms with E-state index < -0.39 is 6.04 Å². The highest BCUT2D eigenvalue weighted by Gasteiger charge is 2.57. The number of carbonyl (C=O) groups is 2. The summed E-state index contributed by atoms with van der Waals surface area (Å²) >= 11 is 0. The molecule has 3 aliphatic rings. The third-order valence-corrected chi connectivity index (χ3v) is 4.64. The Morgan fingerprint density at radius 2 is 2.28 bits per heavy atom. The van der Waals surface area contributed by atoms with E-state index >= 15 is 0 Å². The van der Waals surface area contributed by atoms with E-state index in [9.17, 15) is 9.59 Å². The van der Waals surface area contributed by atoms with Crippen molar-refractivity contribution in [2.24, 2.45) is 4.99 Å². The second kappa shape index (κ2) is 5.58. The van der Waals surface area contributed by atoms with Gasteiger partial charge in [-0.1, -0.05) is 17.1 Å². The zero-order valence-corrected chi connectivity index (χ0v) is 14.3. The smallest absolute Gasteiger partial charge is 0.393 e. The van der Waals surface area contributed by atoms with Crippen LogP contribution in [0.25, 0.3) is 0 Å². The third-order valence-electron chi connectivity index (χ3n) is 4.64. The lowest BCUT2D eigenvalue weighted by Crippen LogP contribution is -2.63. The fourth-order valence-electron chi connectivity index (χ4n) is 3.47. The maximum Gasteiger partial charge on any atom is 0.393 e. The molecule has 4 heterocycles. The van der Waals surface area contributed by atoms with E-state index in [0.717, 1.165) is 23.8 Å². The van der Waals surface area contributed by atoms with Gasteiger partial charge in [0.1, 0.15) is 12.3 Å². The highest BCUT2D eigenvalue weighted by molar-refractivity contribution is 6.25. The number of guanidine groups is 1. The number of urea groups is 1. The van der Waals surface area contributed by atoms with Crippen molar-refractivity contribution in [2.45, 2.75) is 19.5 Å². The quantitative estimate of drug-likeness (QED) is 0.597. The molecule has 0 aromatic carbocycles. The Morgan fingerprint density at radius 1 is 1.48 bits per heavy atom. The number of amides is 3. The first-order valence-electron chi connectivity index (χ1n) is 8.20. The number of rotatable bonds is 4. The summed E-state index contributed by atoms with van der Waals surface area (Å²) in [6, 6.07) is 2.86. The molecular weight excluding hydrogens is 322 g/mol. The van der Waals surface area contributed by atoms with Gasteiger partial charge in [0, 0.05) is 7.05 Å².